The molecule has 0 aliphatic heterocycles. The number of fused-ring (bicyclic) bond motifs is 1. The Morgan fingerprint density at radius 2 is 0.909 bits per heavy atom. The largest absolute Gasteiger partial charge is 0.264 e. The summed E-state index contributed by atoms with van der Waals surface area (Å²) in [6.45, 7) is 0. The van der Waals surface area contributed by atoms with Gasteiger partial charge < -0.3 is 0 Å². The van der Waals surface area contributed by atoms with Crippen LogP contribution in [0.25, 0.3) is 53.9 Å². The summed E-state index contributed by atoms with van der Waals surface area (Å²) in [5.41, 5.74) is 7.35. The van der Waals surface area contributed by atoms with E-state index < -0.39 is 0 Å². The van der Waals surface area contributed by atoms with Crippen LogP contribution in [-0.4, -0.2) is 4.98 Å². The van der Waals surface area contributed by atoms with Crippen molar-refractivity contribution in [3.63, 3.8) is 0 Å². The first-order valence-electron chi connectivity index (χ1n) is 11.1. The lowest BCUT2D eigenvalue weighted by atomic mass is 9.96. The van der Waals surface area contributed by atoms with E-state index in [2.05, 4.69) is 120 Å². The number of pyridine rings is 1. The fourth-order valence-corrected chi connectivity index (χ4v) is 5.83. The summed E-state index contributed by atoms with van der Waals surface area (Å²) in [5, 5.41) is 2.55. The van der Waals surface area contributed by atoms with Crippen LogP contribution in [0.3, 0.4) is 0 Å². The lowest BCUT2D eigenvalue weighted by molar-refractivity contribution is 1.33. The minimum Gasteiger partial charge on any atom is -0.264 e. The van der Waals surface area contributed by atoms with Gasteiger partial charge in [0.1, 0.15) is 0 Å². The quantitative estimate of drug-likeness (QED) is 0.267. The van der Waals surface area contributed by atoms with Crippen molar-refractivity contribution < 1.29 is 0 Å². The van der Waals surface area contributed by atoms with Crippen LogP contribution in [0, 0.1) is 0 Å². The van der Waals surface area contributed by atoms with Crippen LogP contribution in [-0.2, 0) is 0 Å². The van der Waals surface area contributed by atoms with Crippen LogP contribution < -0.4 is 0 Å². The van der Waals surface area contributed by atoms with Crippen molar-refractivity contribution in [2.45, 2.75) is 0 Å². The van der Waals surface area contributed by atoms with Crippen molar-refractivity contribution in [2.75, 3.05) is 0 Å². The van der Waals surface area contributed by atoms with Crippen LogP contribution in [0.5, 0.6) is 0 Å². The molecule has 6 rings (SSSR count). The maximum Gasteiger partial charge on any atom is 0.0449 e. The number of aromatic nitrogens is 1. The van der Waals surface area contributed by atoms with Crippen LogP contribution in [0.2, 0.25) is 0 Å². The van der Waals surface area contributed by atoms with Gasteiger partial charge in [-0.25, -0.2) is 0 Å². The topological polar surface area (TPSA) is 12.9 Å². The molecule has 0 saturated heterocycles. The first-order valence-corrected chi connectivity index (χ1v) is 11.9. The summed E-state index contributed by atoms with van der Waals surface area (Å²) in [5.74, 6) is 0. The molecule has 33 heavy (non-hydrogen) atoms. The normalized spacial score (nSPS) is 11.0. The zero-order valence-corrected chi connectivity index (χ0v) is 18.8. The van der Waals surface area contributed by atoms with Gasteiger partial charge in [-0.2, -0.15) is 0 Å². The molecule has 0 fully saturated rings. The van der Waals surface area contributed by atoms with E-state index in [1.807, 2.05) is 23.7 Å². The third-order valence-corrected chi connectivity index (χ3v) is 7.32. The molecular weight excluding hydrogens is 418 g/mol. The van der Waals surface area contributed by atoms with E-state index in [0.29, 0.717) is 0 Å². The zero-order valence-electron chi connectivity index (χ0n) is 18.0. The Labute approximate surface area is 197 Å². The third-order valence-electron chi connectivity index (χ3n) is 6.03. The molecule has 0 aliphatic rings. The van der Waals surface area contributed by atoms with Crippen molar-refractivity contribution in [2.24, 2.45) is 0 Å². The number of nitrogens with zero attached hydrogens (tertiary/aromatic N) is 1. The third kappa shape index (κ3) is 3.55. The predicted molar refractivity (Wildman–Crippen MR) is 141 cm³/mol. The molecular formula is C31H21NS. The highest BCUT2D eigenvalue weighted by Crippen LogP contribution is 2.48. The molecule has 156 valence electrons. The summed E-state index contributed by atoms with van der Waals surface area (Å²) >= 11 is 1.86. The minimum absolute atomic E-state index is 1.17. The van der Waals surface area contributed by atoms with Gasteiger partial charge in [0, 0.05) is 44.0 Å². The summed E-state index contributed by atoms with van der Waals surface area (Å²) in [7, 11) is 0. The fourth-order valence-electron chi connectivity index (χ4n) is 4.49. The molecule has 0 atom stereocenters. The van der Waals surface area contributed by atoms with Crippen molar-refractivity contribution in [1.82, 2.24) is 4.98 Å². The number of hydrogen-bond acceptors (Lipinski definition) is 2. The lowest BCUT2D eigenvalue weighted by Gasteiger charge is -2.09. The van der Waals surface area contributed by atoms with Crippen LogP contribution >= 0.6 is 11.3 Å². The molecule has 1 nitrogen and oxygen atoms in total. The van der Waals surface area contributed by atoms with E-state index in [1.54, 1.807) is 0 Å². The SMILES string of the molecule is c1ccc(-c2ccccc2-c2sc(-c3cnccc3-c3ccccc3)c3ccccc23)cc1. The highest BCUT2D eigenvalue weighted by atomic mass is 32.1. The van der Waals surface area contributed by atoms with Gasteiger partial charge >= 0.3 is 0 Å². The first-order chi connectivity index (χ1) is 16.4. The van der Waals surface area contributed by atoms with Crippen LogP contribution in [0.4, 0.5) is 0 Å². The van der Waals surface area contributed by atoms with E-state index in [9.17, 15) is 0 Å². The lowest BCUT2D eigenvalue weighted by Crippen LogP contribution is -1.85. The first kappa shape index (κ1) is 19.7. The molecule has 0 spiro atoms. The Kier molecular flexibility index (Phi) is 5.06. The van der Waals surface area contributed by atoms with E-state index in [0.717, 1.165) is 0 Å². The van der Waals surface area contributed by atoms with Gasteiger partial charge in [0.25, 0.3) is 0 Å². The van der Waals surface area contributed by atoms with Crippen LogP contribution in [0.15, 0.2) is 128 Å². The molecule has 0 unspecified atom stereocenters. The molecule has 0 radical (unpaired) electrons. The molecule has 0 saturated carbocycles. The average molecular weight is 440 g/mol. The van der Waals surface area contributed by atoms with Gasteiger partial charge in [-0.1, -0.05) is 109 Å². The van der Waals surface area contributed by atoms with Crippen LogP contribution in [0.1, 0.15) is 0 Å². The number of hydrogen-bond donors (Lipinski definition) is 0. The van der Waals surface area contributed by atoms with Gasteiger partial charge in [-0.15, -0.1) is 11.3 Å². The predicted octanol–water partition coefficient (Wildman–Crippen LogP) is 8.96. The van der Waals surface area contributed by atoms with E-state index in [-0.39, 0.29) is 0 Å². The molecule has 0 aliphatic carbocycles. The molecule has 6 aromatic rings. The molecule has 0 N–H and O–H groups in total. The Morgan fingerprint density at radius 1 is 0.424 bits per heavy atom. The maximum absolute atomic E-state index is 4.51. The van der Waals surface area contributed by atoms with E-state index >= 15 is 0 Å². The Bertz CT molecular complexity index is 1430. The summed E-state index contributed by atoms with van der Waals surface area (Å²) in [6.07, 6.45) is 3.89. The fraction of sp³-hybridized carbons (Fsp3) is 0. The second kappa shape index (κ2) is 8.50. The highest BCUT2D eigenvalue weighted by Gasteiger charge is 2.19. The summed E-state index contributed by atoms with van der Waals surface area (Å²) < 4.78 is 0. The molecule has 4 aromatic carbocycles. The monoisotopic (exact) mass is 439 g/mol. The van der Waals surface area contributed by atoms with E-state index in [1.165, 1.54) is 53.9 Å². The minimum atomic E-state index is 1.17. The summed E-state index contributed by atoms with van der Waals surface area (Å²) in [4.78, 5) is 7.06. The van der Waals surface area contributed by atoms with Crippen molar-refractivity contribution in [3.05, 3.63) is 128 Å². The second-order valence-corrected chi connectivity index (χ2v) is 9.03. The molecule has 0 bridgehead atoms. The highest BCUT2D eigenvalue weighted by molar-refractivity contribution is 7.21. The van der Waals surface area contributed by atoms with Gasteiger partial charge in [0.15, 0.2) is 0 Å². The smallest absolute Gasteiger partial charge is 0.0449 e. The van der Waals surface area contributed by atoms with Gasteiger partial charge in [-0.3, -0.25) is 4.98 Å². The van der Waals surface area contributed by atoms with Crippen molar-refractivity contribution in [1.29, 1.82) is 0 Å². The molecule has 2 aromatic heterocycles. The number of thiophene rings is 1. The van der Waals surface area contributed by atoms with Gasteiger partial charge in [0.05, 0.1) is 0 Å². The van der Waals surface area contributed by atoms with E-state index in [4.69, 9.17) is 0 Å². The number of benzene rings is 4. The Hall–Kier alpha value is -4.01. The van der Waals surface area contributed by atoms with Gasteiger partial charge in [-0.05, 0) is 28.3 Å². The van der Waals surface area contributed by atoms with Crippen molar-refractivity contribution >= 4 is 22.1 Å². The standard InChI is InChI=1S/C31H21NS/c1-3-11-22(12-4-1)24-15-7-8-16-26(24)30-27-17-9-10-18-28(27)31(33-30)29-21-32-20-19-25(29)23-13-5-2-6-14-23/h1-21H. The molecule has 0 amide bonds. The summed E-state index contributed by atoms with van der Waals surface area (Å²) in [6, 6.07) is 40.8. The maximum atomic E-state index is 4.51. The van der Waals surface area contributed by atoms with Gasteiger partial charge in [0.2, 0.25) is 0 Å². The molecule has 2 heteroatoms. The second-order valence-electron chi connectivity index (χ2n) is 8.00. The Balaban J connectivity index is 1.61. The zero-order chi connectivity index (χ0) is 22.0. The van der Waals surface area contributed by atoms with Crippen molar-refractivity contribution in [3.8, 4) is 43.1 Å². The molecule has 2 heterocycles. The number of rotatable bonds is 4. The Morgan fingerprint density at radius 3 is 1.55 bits per heavy atom. The average Bonchev–Trinajstić information content (AvgIpc) is 3.29.